The maximum atomic E-state index is 11.4. The lowest BCUT2D eigenvalue weighted by Crippen LogP contribution is -2.16. The van der Waals surface area contributed by atoms with Crippen LogP contribution in [0.15, 0.2) is 12.5 Å². The third-order valence-electron chi connectivity index (χ3n) is 2.93. The first-order valence-electron chi connectivity index (χ1n) is 6.59. The Labute approximate surface area is 122 Å². The van der Waals surface area contributed by atoms with Crippen molar-refractivity contribution < 1.29 is 9.90 Å². The van der Waals surface area contributed by atoms with Crippen LogP contribution in [0.25, 0.3) is 10.7 Å². The van der Waals surface area contributed by atoms with Crippen LogP contribution in [0.5, 0.6) is 0 Å². The summed E-state index contributed by atoms with van der Waals surface area (Å²) in [6, 6.07) is 0. The third-order valence-corrected chi connectivity index (χ3v) is 3.99. The molecule has 0 aliphatic carbocycles. The fourth-order valence-corrected chi connectivity index (χ4v) is 3.14. The minimum absolute atomic E-state index is 0.294. The Kier molecular flexibility index (Phi) is 3.94. The van der Waals surface area contributed by atoms with Crippen molar-refractivity contribution in [2.75, 3.05) is 0 Å². The summed E-state index contributed by atoms with van der Waals surface area (Å²) in [7, 11) is 0. The summed E-state index contributed by atoms with van der Waals surface area (Å²) in [6.45, 7) is 8.86. The first kappa shape index (κ1) is 14.7. The molecule has 5 nitrogen and oxygen atoms in total. The minimum atomic E-state index is -0.916. The van der Waals surface area contributed by atoms with Gasteiger partial charge in [0.15, 0.2) is 0 Å². The number of thiazole rings is 1. The Morgan fingerprint density at radius 2 is 2.15 bits per heavy atom. The van der Waals surface area contributed by atoms with Crippen molar-refractivity contribution in [3.05, 3.63) is 23.1 Å². The van der Waals surface area contributed by atoms with E-state index in [1.807, 2.05) is 25.3 Å². The fraction of sp³-hybridized carbons (Fsp3) is 0.500. The molecular weight excluding hydrogens is 274 g/mol. The van der Waals surface area contributed by atoms with E-state index in [0.29, 0.717) is 10.6 Å². The zero-order valence-corrected chi connectivity index (χ0v) is 13.0. The molecule has 0 unspecified atom stereocenters. The van der Waals surface area contributed by atoms with Gasteiger partial charge in [-0.3, -0.25) is 0 Å². The van der Waals surface area contributed by atoms with Crippen molar-refractivity contribution in [2.45, 2.75) is 46.1 Å². The zero-order chi connectivity index (χ0) is 14.9. The second kappa shape index (κ2) is 5.36. The zero-order valence-electron chi connectivity index (χ0n) is 12.2. The summed E-state index contributed by atoms with van der Waals surface area (Å²) in [6.07, 6.45) is 4.50. The van der Waals surface area contributed by atoms with E-state index >= 15 is 0 Å². The van der Waals surface area contributed by atoms with Crippen LogP contribution >= 0.6 is 11.3 Å². The number of hydrogen-bond donors (Lipinski definition) is 1. The highest BCUT2D eigenvalue weighted by atomic mass is 32.1. The molecule has 0 bridgehead atoms. The molecule has 2 heterocycles. The van der Waals surface area contributed by atoms with E-state index in [0.717, 1.165) is 23.7 Å². The van der Waals surface area contributed by atoms with Gasteiger partial charge in [0, 0.05) is 12.0 Å². The highest BCUT2D eigenvalue weighted by Crippen LogP contribution is 2.34. The van der Waals surface area contributed by atoms with E-state index in [1.54, 1.807) is 12.5 Å². The second-order valence-electron chi connectivity index (χ2n) is 5.72. The number of rotatable bonds is 4. The Bertz CT molecular complexity index is 623. The molecule has 0 spiro atoms. The molecule has 0 aliphatic heterocycles. The molecular formula is C14H19N3O2S. The second-order valence-corrected chi connectivity index (χ2v) is 6.72. The number of aryl methyl sites for hydroxylation is 1. The number of hydrogen-bond acceptors (Lipinski definition) is 4. The highest BCUT2D eigenvalue weighted by Gasteiger charge is 2.28. The molecule has 0 saturated carbocycles. The number of carboxylic acid groups (broad SMARTS) is 1. The van der Waals surface area contributed by atoms with E-state index in [1.165, 1.54) is 11.3 Å². The van der Waals surface area contributed by atoms with Gasteiger partial charge in [-0.15, -0.1) is 11.3 Å². The van der Waals surface area contributed by atoms with Gasteiger partial charge in [-0.25, -0.2) is 14.8 Å². The summed E-state index contributed by atoms with van der Waals surface area (Å²) in [5.41, 5.74) is 1.22. The number of carboxylic acids is 1. The van der Waals surface area contributed by atoms with Crippen molar-refractivity contribution in [1.82, 2.24) is 14.5 Å². The largest absolute Gasteiger partial charge is 0.477 e. The number of carbonyl (C=O) groups is 1. The van der Waals surface area contributed by atoms with E-state index in [9.17, 15) is 9.90 Å². The lowest BCUT2D eigenvalue weighted by atomic mass is 9.91. The smallest absolute Gasteiger partial charge is 0.347 e. The van der Waals surface area contributed by atoms with E-state index in [2.05, 4.69) is 16.9 Å². The predicted molar refractivity (Wildman–Crippen MR) is 79.3 cm³/mol. The quantitative estimate of drug-likeness (QED) is 0.938. The monoisotopic (exact) mass is 293 g/mol. The summed E-state index contributed by atoms with van der Waals surface area (Å²) >= 11 is 1.22. The normalized spacial score (nSPS) is 11.8. The average molecular weight is 293 g/mol. The van der Waals surface area contributed by atoms with Gasteiger partial charge in [-0.1, -0.05) is 27.7 Å². The topological polar surface area (TPSA) is 68.0 Å². The van der Waals surface area contributed by atoms with Crippen LogP contribution in [0.4, 0.5) is 0 Å². The van der Waals surface area contributed by atoms with E-state index < -0.39 is 5.97 Å². The predicted octanol–water partition coefficient (Wildman–Crippen LogP) is 3.41. The lowest BCUT2D eigenvalue weighted by molar-refractivity contribution is 0.0699. The first-order chi connectivity index (χ1) is 9.34. The van der Waals surface area contributed by atoms with Gasteiger partial charge >= 0.3 is 5.97 Å². The molecule has 0 saturated heterocycles. The standard InChI is InChI=1S/C14H19N3O2S/c1-5-6-17-8-15-7-9(17)12-16-11(14(2,3)4)10(20-12)13(18)19/h7-8H,5-6H2,1-4H3,(H,18,19). The molecule has 0 aromatic carbocycles. The van der Waals surface area contributed by atoms with Crippen LogP contribution in [-0.2, 0) is 12.0 Å². The molecule has 2 aromatic heterocycles. The number of aromatic nitrogens is 3. The molecule has 1 N–H and O–H groups in total. The van der Waals surface area contributed by atoms with Crippen LogP contribution < -0.4 is 0 Å². The van der Waals surface area contributed by atoms with Gasteiger partial charge in [0.25, 0.3) is 0 Å². The summed E-state index contributed by atoms with van der Waals surface area (Å²) in [5, 5.41) is 10.1. The van der Waals surface area contributed by atoms with Crippen LogP contribution in [0.3, 0.4) is 0 Å². The average Bonchev–Trinajstić information content (AvgIpc) is 2.93. The molecule has 6 heteroatoms. The van der Waals surface area contributed by atoms with Crippen molar-refractivity contribution in [2.24, 2.45) is 0 Å². The van der Waals surface area contributed by atoms with Crippen molar-refractivity contribution >= 4 is 17.3 Å². The van der Waals surface area contributed by atoms with Crippen molar-refractivity contribution in [3.8, 4) is 10.7 Å². The van der Waals surface area contributed by atoms with Gasteiger partial charge in [0.2, 0.25) is 0 Å². The molecule has 0 aliphatic rings. The van der Waals surface area contributed by atoms with Gasteiger partial charge in [-0.05, 0) is 6.42 Å². The van der Waals surface area contributed by atoms with Crippen LogP contribution in [0, 0.1) is 0 Å². The van der Waals surface area contributed by atoms with Gasteiger partial charge in [0.1, 0.15) is 9.88 Å². The number of imidazole rings is 1. The van der Waals surface area contributed by atoms with E-state index in [4.69, 9.17) is 0 Å². The molecule has 0 radical (unpaired) electrons. The van der Waals surface area contributed by atoms with Crippen LogP contribution in [0.2, 0.25) is 0 Å². The molecule has 0 atom stereocenters. The van der Waals surface area contributed by atoms with Crippen LogP contribution in [0.1, 0.15) is 49.5 Å². The molecule has 0 amide bonds. The summed E-state index contributed by atoms with van der Waals surface area (Å²) in [4.78, 5) is 20.4. The number of aromatic carboxylic acids is 1. The Morgan fingerprint density at radius 3 is 2.65 bits per heavy atom. The fourth-order valence-electron chi connectivity index (χ4n) is 2.00. The minimum Gasteiger partial charge on any atom is -0.477 e. The maximum absolute atomic E-state index is 11.4. The Balaban J connectivity index is 2.53. The first-order valence-corrected chi connectivity index (χ1v) is 7.41. The number of nitrogens with zero attached hydrogens (tertiary/aromatic N) is 3. The van der Waals surface area contributed by atoms with Crippen molar-refractivity contribution in [1.29, 1.82) is 0 Å². The van der Waals surface area contributed by atoms with E-state index in [-0.39, 0.29) is 5.41 Å². The van der Waals surface area contributed by atoms with Crippen molar-refractivity contribution in [3.63, 3.8) is 0 Å². The summed E-state index contributed by atoms with van der Waals surface area (Å²) in [5.74, 6) is -0.916. The third kappa shape index (κ3) is 2.75. The SMILES string of the molecule is CCCn1cncc1-c1nc(C(C)(C)C)c(C(=O)O)s1. The maximum Gasteiger partial charge on any atom is 0.347 e. The van der Waals surface area contributed by atoms with Gasteiger partial charge in [-0.2, -0.15) is 0 Å². The molecule has 2 aromatic rings. The molecule has 108 valence electrons. The highest BCUT2D eigenvalue weighted by molar-refractivity contribution is 7.17. The van der Waals surface area contributed by atoms with Gasteiger partial charge in [0.05, 0.1) is 23.9 Å². The molecule has 0 fully saturated rings. The molecule has 20 heavy (non-hydrogen) atoms. The summed E-state index contributed by atoms with van der Waals surface area (Å²) < 4.78 is 2.01. The van der Waals surface area contributed by atoms with Crippen LogP contribution in [-0.4, -0.2) is 25.6 Å². The van der Waals surface area contributed by atoms with Gasteiger partial charge < -0.3 is 9.67 Å². The lowest BCUT2D eigenvalue weighted by Gasteiger charge is -2.16. The molecule has 2 rings (SSSR count). The Morgan fingerprint density at radius 1 is 1.45 bits per heavy atom. The Hall–Kier alpha value is -1.69.